The molecule has 0 aliphatic rings. The Labute approximate surface area is 161 Å². The summed E-state index contributed by atoms with van der Waals surface area (Å²) in [5.74, 6) is 0.801. The van der Waals surface area contributed by atoms with Gasteiger partial charge in [0.15, 0.2) is 6.10 Å². The van der Waals surface area contributed by atoms with E-state index in [1.807, 2.05) is 13.0 Å². The molecule has 2 aromatic carbocycles. The molecule has 0 radical (unpaired) electrons. The monoisotopic (exact) mass is 385 g/mol. The van der Waals surface area contributed by atoms with Crippen LogP contribution in [-0.2, 0) is 11.3 Å². The van der Waals surface area contributed by atoms with Crippen molar-refractivity contribution in [2.24, 2.45) is 0 Å². The highest BCUT2D eigenvalue weighted by molar-refractivity contribution is 6.30. The number of hydrogen-bond acceptors (Lipinski definition) is 4. The van der Waals surface area contributed by atoms with E-state index < -0.39 is 6.10 Å². The summed E-state index contributed by atoms with van der Waals surface area (Å²) in [6.07, 6.45) is -0.693. The van der Waals surface area contributed by atoms with Crippen LogP contribution in [0.1, 0.15) is 18.3 Å². The van der Waals surface area contributed by atoms with Gasteiger partial charge in [0, 0.05) is 12.1 Å². The minimum atomic E-state index is -0.693. The van der Waals surface area contributed by atoms with E-state index in [4.69, 9.17) is 16.3 Å². The van der Waals surface area contributed by atoms with Gasteiger partial charge in [0.05, 0.1) is 17.4 Å². The first-order valence-corrected chi connectivity index (χ1v) is 8.88. The van der Waals surface area contributed by atoms with E-state index in [0.717, 1.165) is 5.56 Å². The molecule has 0 aliphatic carbocycles. The van der Waals surface area contributed by atoms with E-state index in [-0.39, 0.29) is 18.0 Å². The number of nitrogens with one attached hydrogen (secondary N) is 1. The number of likely N-dealkylation sites (N-methyl/N-ethyl adjacent to an activating group) is 1. The minimum absolute atomic E-state index is 0.173. The van der Waals surface area contributed by atoms with Gasteiger partial charge in [-0.15, -0.1) is 0 Å². The molecule has 1 amide bonds. The first-order chi connectivity index (χ1) is 12.8. The SMILES string of the molecule is Cc1cc(Cl)ccc1OC(C)C(=O)N(C)Cc1nc2ccccc2c(=O)[nH]1. The molecule has 1 atom stereocenters. The molecule has 0 saturated carbocycles. The van der Waals surface area contributed by atoms with E-state index in [0.29, 0.717) is 27.5 Å². The molecular formula is C20H20ClN3O3. The number of halogens is 1. The van der Waals surface area contributed by atoms with E-state index >= 15 is 0 Å². The van der Waals surface area contributed by atoms with Gasteiger partial charge in [-0.25, -0.2) is 4.98 Å². The maximum Gasteiger partial charge on any atom is 0.263 e. The number of aromatic amines is 1. The number of aromatic nitrogens is 2. The van der Waals surface area contributed by atoms with E-state index in [2.05, 4.69) is 9.97 Å². The van der Waals surface area contributed by atoms with E-state index in [1.54, 1.807) is 50.4 Å². The van der Waals surface area contributed by atoms with Crippen molar-refractivity contribution in [1.82, 2.24) is 14.9 Å². The number of fused-ring (bicyclic) bond motifs is 1. The lowest BCUT2D eigenvalue weighted by molar-refractivity contribution is -0.137. The van der Waals surface area contributed by atoms with Crippen molar-refractivity contribution in [2.45, 2.75) is 26.5 Å². The normalized spacial score (nSPS) is 12.0. The second-order valence-electron chi connectivity index (χ2n) is 6.39. The fraction of sp³-hybridized carbons (Fsp3) is 0.250. The Bertz CT molecular complexity index is 1050. The number of carbonyl (C=O) groups is 1. The zero-order chi connectivity index (χ0) is 19.6. The fourth-order valence-corrected chi connectivity index (χ4v) is 3.04. The average Bonchev–Trinajstić information content (AvgIpc) is 2.63. The van der Waals surface area contributed by atoms with Crippen molar-refractivity contribution >= 4 is 28.4 Å². The van der Waals surface area contributed by atoms with Crippen molar-refractivity contribution in [2.75, 3.05) is 7.05 Å². The topological polar surface area (TPSA) is 75.3 Å². The number of hydrogen-bond donors (Lipinski definition) is 1. The zero-order valence-corrected chi connectivity index (χ0v) is 16.1. The molecule has 0 aliphatic heterocycles. The molecule has 0 saturated heterocycles. The predicted molar refractivity (Wildman–Crippen MR) is 105 cm³/mol. The van der Waals surface area contributed by atoms with E-state index in [1.165, 1.54) is 4.90 Å². The first-order valence-electron chi connectivity index (χ1n) is 8.51. The Kier molecular flexibility index (Phi) is 5.46. The van der Waals surface area contributed by atoms with Gasteiger partial charge in [0.2, 0.25) is 0 Å². The number of aryl methyl sites for hydroxylation is 1. The molecule has 1 unspecified atom stereocenters. The van der Waals surface area contributed by atoms with Crippen molar-refractivity contribution in [3.63, 3.8) is 0 Å². The quantitative estimate of drug-likeness (QED) is 0.731. The smallest absolute Gasteiger partial charge is 0.263 e. The summed E-state index contributed by atoms with van der Waals surface area (Å²) in [6, 6.07) is 12.3. The van der Waals surface area contributed by atoms with Crippen molar-refractivity contribution < 1.29 is 9.53 Å². The van der Waals surface area contributed by atoms with Crippen LogP contribution in [0.2, 0.25) is 5.02 Å². The summed E-state index contributed by atoms with van der Waals surface area (Å²) in [5, 5.41) is 1.13. The van der Waals surface area contributed by atoms with Crippen LogP contribution in [0.25, 0.3) is 10.9 Å². The van der Waals surface area contributed by atoms with Gasteiger partial charge in [-0.1, -0.05) is 23.7 Å². The molecule has 3 rings (SSSR count). The fourth-order valence-electron chi connectivity index (χ4n) is 2.81. The van der Waals surface area contributed by atoms with Gasteiger partial charge in [-0.3, -0.25) is 9.59 Å². The molecule has 7 heteroatoms. The van der Waals surface area contributed by atoms with Crippen LogP contribution >= 0.6 is 11.6 Å². The summed E-state index contributed by atoms with van der Waals surface area (Å²) in [5.41, 5.74) is 1.22. The lowest BCUT2D eigenvalue weighted by Gasteiger charge is -2.22. The van der Waals surface area contributed by atoms with Gasteiger partial charge in [0.1, 0.15) is 11.6 Å². The van der Waals surface area contributed by atoms with Gasteiger partial charge < -0.3 is 14.6 Å². The Morgan fingerprint density at radius 3 is 2.78 bits per heavy atom. The van der Waals surface area contributed by atoms with Crippen LogP contribution in [0.3, 0.4) is 0 Å². The second-order valence-corrected chi connectivity index (χ2v) is 6.83. The van der Waals surface area contributed by atoms with Crippen molar-refractivity contribution in [1.29, 1.82) is 0 Å². The third-order valence-corrected chi connectivity index (χ3v) is 4.45. The third kappa shape index (κ3) is 4.28. The molecular weight excluding hydrogens is 366 g/mol. The highest BCUT2D eigenvalue weighted by atomic mass is 35.5. The highest BCUT2D eigenvalue weighted by Gasteiger charge is 2.21. The average molecular weight is 386 g/mol. The number of H-pyrrole nitrogens is 1. The molecule has 1 heterocycles. The molecule has 6 nitrogen and oxygen atoms in total. The largest absolute Gasteiger partial charge is 0.481 e. The molecule has 1 N–H and O–H groups in total. The third-order valence-electron chi connectivity index (χ3n) is 4.21. The summed E-state index contributed by atoms with van der Waals surface area (Å²) < 4.78 is 5.77. The van der Waals surface area contributed by atoms with Crippen molar-refractivity contribution in [3.05, 3.63) is 69.2 Å². The number of nitrogens with zero attached hydrogens (tertiary/aromatic N) is 2. The van der Waals surface area contributed by atoms with Gasteiger partial charge in [0.25, 0.3) is 11.5 Å². The number of amides is 1. The molecule has 1 aromatic heterocycles. The van der Waals surface area contributed by atoms with Crippen LogP contribution in [0.4, 0.5) is 0 Å². The zero-order valence-electron chi connectivity index (χ0n) is 15.3. The number of rotatable bonds is 5. The standard InChI is InChI=1S/C20H20ClN3O3/c1-12-10-14(21)8-9-17(12)27-13(2)20(26)24(3)11-18-22-16-7-5-4-6-15(16)19(25)23-18/h4-10,13H,11H2,1-3H3,(H,22,23,25). The number of carbonyl (C=O) groups excluding carboxylic acids is 1. The molecule has 0 bridgehead atoms. The van der Waals surface area contributed by atoms with Crippen LogP contribution in [0, 0.1) is 6.92 Å². The number of para-hydroxylation sites is 1. The Morgan fingerprint density at radius 2 is 2.04 bits per heavy atom. The maximum atomic E-state index is 12.6. The molecule has 3 aromatic rings. The minimum Gasteiger partial charge on any atom is -0.481 e. The van der Waals surface area contributed by atoms with Gasteiger partial charge in [-0.05, 0) is 49.7 Å². The van der Waals surface area contributed by atoms with Crippen LogP contribution in [-0.4, -0.2) is 33.9 Å². The maximum absolute atomic E-state index is 12.6. The molecule has 27 heavy (non-hydrogen) atoms. The molecule has 0 fully saturated rings. The lowest BCUT2D eigenvalue weighted by atomic mass is 10.2. The summed E-state index contributed by atoms with van der Waals surface area (Å²) >= 11 is 5.94. The Morgan fingerprint density at radius 1 is 1.30 bits per heavy atom. The van der Waals surface area contributed by atoms with E-state index in [9.17, 15) is 9.59 Å². The van der Waals surface area contributed by atoms with Crippen molar-refractivity contribution in [3.8, 4) is 5.75 Å². The molecule has 140 valence electrons. The Balaban J connectivity index is 1.72. The lowest BCUT2D eigenvalue weighted by Crippen LogP contribution is -2.38. The summed E-state index contributed by atoms with van der Waals surface area (Å²) in [7, 11) is 1.64. The van der Waals surface area contributed by atoms with Crippen LogP contribution < -0.4 is 10.3 Å². The Hall–Kier alpha value is -2.86. The predicted octanol–water partition coefficient (Wildman–Crippen LogP) is 3.31. The van der Waals surface area contributed by atoms with Gasteiger partial charge in [-0.2, -0.15) is 0 Å². The first kappa shape index (κ1) is 18.9. The summed E-state index contributed by atoms with van der Waals surface area (Å²) in [4.78, 5) is 33.4. The molecule has 0 spiro atoms. The van der Waals surface area contributed by atoms with Gasteiger partial charge >= 0.3 is 0 Å². The summed E-state index contributed by atoms with van der Waals surface area (Å²) in [6.45, 7) is 3.72. The van der Waals surface area contributed by atoms with Crippen LogP contribution in [0.15, 0.2) is 47.3 Å². The van der Waals surface area contributed by atoms with Crippen LogP contribution in [0.5, 0.6) is 5.75 Å². The second kappa shape index (κ2) is 7.80. The highest BCUT2D eigenvalue weighted by Crippen LogP contribution is 2.23. The number of benzene rings is 2. The number of ether oxygens (including phenoxy) is 1.